The van der Waals surface area contributed by atoms with E-state index in [2.05, 4.69) is 0 Å². The number of alkyl halides is 3. The van der Waals surface area contributed by atoms with Gasteiger partial charge in [0, 0.05) is 12.1 Å². The Hall–Kier alpha value is -4.34. The van der Waals surface area contributed by atoms with E-state index in [9.17, 15) is 22.8 Å². The highest BCUT2D eigenvalue weighted by Crippen LogP contribution is 2.39. The Kier molecular flexibility index (Phi) is 9.31. The molecule has 3 aromatic carbocycles. The monoisotopic (exact) mass is 567 g/mol. The number of nitrogens with zero attached hydrogens (tertiary/aromatic N) is 1. The van der Waals surface area contributed by atoms with Gasteiger partial charge in [-0.1, -0.05) is 60.7 Å². The quantitative estimate of drug-likeness (QED) is 0.182. The highest BCUT2D eigenvalue weighted by Gasteiger charge is 2.41. The molecule has 1 heterocycles. The Morgan fingerprint density at radius 1 is 1.05 bits per heavy atom. The zero-order chi connectivity index (χ0) is 29.6. The van der Waals surface area contributed by atoms with Crippen molar-refractivity contribution in [3.05, 3.63) is 89.5 Å². The number of rotatable bonds is 11. The van der Waals surface area contributed by atoms with E-state index in [4.69, 9.17) is 20.6 Å². The SMILES string of the molecule is COC(=O)C[C@@H]1C[C@@H](COc2ccc(-c3ccc(C(=N)N)cc3)cc2C(F)(F)F)N(CCCc2ccccc2)C1=O. The molecule has 0 unspecified atom stereocenters. The summed E-state index contributed by atoms with van der Waals surface area (Å²) in [6.45, 7) is 0.241. The zero-order valence-electron chi connectivity index (χ0n) is 22.6. The van der Waals surface area contributed by atoms with Crippen molar-refractivity contribution in [1.82, 2.24) is 4.90 Å². The van der Waals surface area contributed by atoms with Crippen LogP contribution in [0.2, 0.25) is 0 Å². The van der Waals surface area contributed by atoms with Crippen LogP contribution in [0.3, 0.4) is 0 Å². The Morgan fingerprint density at radius 2 is 1.73 bits per heavy atom. The lowest BCUT2D eigenvalue weighted by molar-refractivity contribution is -0.144. The van der Waals surface area contributed by atoms with Gasteiger partial charge in [-0.2, -0.15) is 13.2 Å². The standard InChI is InChI=1S/C31H32F3N3O4/c1-40-28(38)18-24-16-25(37(30(24)39)15-5-8-20-6-3-2-4-7-20)19-41-27-14-13-23(17-26(27)31(32,33)34)21-9-11-22(12-10-21)29(35)36/h2-4,6-7,9-14,17,24-25H,5,8,15-16,18-19H2,1H3,(H3,35,36)/t24-,25-/m0/s1. The van der Waals surface area contributed by atoms with E-state index in [1.54, 1.807) is 29.2 Å². The summed E-state index contributed by atoms with van der Waals surface area (Å²) in [4.78, 5) is 26.7. The van der Waals surface area contributed by atoms with E-state index in [0.29, 0.717) is 29.7 Å². The number of amidine groups is 1. The lowest BCUT2D eigenvalue weighted by atomic mass is 10.0. The average molecular weight is 568 g/mol. The van der Waals surface area contributed by atoms with Crippen molar-refractivity contribution in [3.63, 3.8) is 0 Å². The molecule has 0 bridgehead atoms. The highest BCUT2D eigenvalue weighted by atomic mass is 19.4. The van der Waals surface area contributed by atoms with Gasteiger partial charge in [-0.25, -0.2) is 0 Å². The number of carbonyl (C=O) groups is 2. The maximum Gasteiger partial charge on any atom is 0.419 e. The molecule has 1 aliphatic rings. The second-order valence-electron chi connectivity index (χ2n) is 10.00. The minimum atomic E-state index is -4.68. The van der Waals surface area contributed by atoms with Crippen LogP contribution in [0.1, 0.15) is 36.0 Å². The molecule has 1 amide bonds. The molecular formula is C31H32F3N3O4. The first-order valence-corrected chi connectivity index (χ1v) is 13.3. The number of ether oxygens (including phenoxy) is 2. The van der Waals surface area contributed by atoms with Gasteiger partial charge in [0.1, 0.15) is 18.2 Å². The predicted octanol–water partition coefficient (Wildman–Crippen LogP) is 5.45. The van der Waals surface area contributed by atoms with Crippen LogP contribution in [0, 0.1) is 11.3 Å². The predicted molar refractivity (Wildman–Crippen MR) is 148 cm³/mol. The number of hydrogen-bond acceptors (Lipinski definition) is 5. The number of halogens is 3. The van der Waals surface area contributed by atoms with Crippen LogP contribution >= 0.6 is 0 Å². The summed E-state index contributed by atoms with van der Waals surface area (Å²) in [7, 11) is 1.25. The number of amides is 1. The number of hydrogen-bond donors (Lipinski definition) is 2. The molecule has 4 rings (SSSR count). The van der Waals surface area contributed by atoms with Crippen LogP contribution in [0.5, 0.6) is 5.75 Å². The number of benzene rings is 3. The maximum absolute atomic E-state index is 14.1. The molecule has 7 nitrogen and oxygen atoms in total. The molecule has 1 fully saturated rings. The fourth-order valence-corrected chi connectivity index (χ4v) is 5.06. The van der Waals surface area contributed by atoms with Gasteiger partial charge in [0.2, 0.25) is 5.91 Å². The lowest BCUT2D eigenvalue weighted by Crippen LogP contribution is -2.38. The molecule has 0 spiro atoms. The summed E-state index contributed by atoms with van der Waals surface area (Å²) < 4.78 is 52.7. The summed E-state index contributed by atoms with van der Waals surface area (Å²) in [5, 5.41) is 7.50. The molecule has 1 aliphatic heterocycles. The van der Waals surface area contributed by atoms with Gasteiger partial charge in [-0.05, 0) is 48.1 Å². The van der Waals surface area contributed by atoms with Crippen molar-refractivity contribution in [2.24, 2.45) is 11.7 Å². The molecule has 216 valence electrons. The summed E-state index contributed by atoms with van der Waals surface area (Å²) in [5.41, 5.74) is 6.98. The van der Waals surface area contributed by atoms with Crippen molar-refractivity contribution >= 4 is 17.7 Å². The molecule has 0 aromatic heterocycles. The van der Waals surface area contributed by atoms with E-state index < -0.39 is 29.7 Å². The number of methoxy groups -OCH3 is 1. The fraction of sp³-hybridized carbons (Fsp3) is 0.323. The zero-order valence-corrected chi connectivity index (χ0v) is 22.6. The molecule has 10 heteroatoms. The van der Waals surface area contributed by atoms with Crippen molar-refractivity contribution in [2.75, 3.05) is 20.3 Å². The van der Waals surface area contributed by atoms with Crippen LogP contribution < -0.4 is 10.5 Å². The van der Waals surface area contributed by atoms with Gasteiger partial charge in [-0.3, -0.25) is 15.0 Å². The third-order valence-electron chi connectivity index (χ3n) is 7.22. The lowest BCUT2D eigenvalue weighted by Gasteiger charge is -2.26. The first-order valence-electron chi connectivity index (χ1n) is 13.3. The van der Waals surface area contributed by atoms with Crippen LogP contribution in [0.15, 0.2) is 72.8 Å². The molecule has 41 heavy (non-hydrogen) atoms. The van der Waals surface area contributed by atoms with Gasteiger partial charge in [0.25, 0.3) is 0 Å². The molecule has 0 aliphatic carbocycles. The van der Waals surface area contributed by atoms with E-state index in [0.717, 1.165) is 18.1 Å². The van der Waals surface area contributed by atoms with Crippen molar-refractivity contribution in [3.8, 4) is 16.9 Å². The molecule has 3 aromatic rings. The third kappa shape index (κ3) is 7.45. The number of esters is 1. The van der Waals surface area contributed by atoms with Crippen LogP contribution in [-0.2, 0) is 26.9 Å². The summed E-state index contributed by atoms with van der Waals surface area (Å²) >= 11 is 0. The number of likely N-dealkylation sites (tertiary alicyclic amines) is 1. The normalized spacial score (nSPS) is 17.0. The Bertz CT molecular complexity index is 1380. The van der Waals surface area contributed by atoms with Crippen molar-refractivity contribution in [2.45, 2.75) is 37.9 Å². The molecular weight excluding hydrogens is 535 g/mol. The average Bonchev–Trinajstić information content (AvgIpc) is 3.25. The molecule has 2 atom stereocenters. The second kappa shape index (κ2) is 12.9. The van der Waals surface area contributed by atoms with Crippen LogP contribution in [0.4, 0.5) is 13.2 Å². The van der Waals surface area contributed by atoms with Gasteiger partial charge < -0.3 is 20.1 Å². The van der Waals surface area contributed by atoms with Gasteiger partial charge in [-0.15, -0.1) is 0 Å². The number of nitrogens with two attached hydrogens (primary N) is 1. The Balaban J connectivity index is 1.51. The number of aryl methyl sites for hydroxylation is 1. The Labute approximate surface area is 236 Å². The molecule has 1 saturated heterocycles. The van der Waals surface area contributed by atoms with E-state index >= 15 is 0 Å². The van der Waals surface area contributed by atoms with Gasteiger partial charge >= 0.3 is 12.1 Å². The molecule has 0 radical (unpaired) electrons. The highest BCUT2D eigenvalue weighted by molar-refractivity contribution is 5.95. The maximum atomic E-state index is 14.1. The van der Waals surface area contributed by atoms with Crippen molar-refractivity contribution in [1.29, 1.82) is 5.41 Å². The second-order valence-corrected chi connectivity index (χ2v) is 10.00. The minimum absolute atomic E-state index is 0.0913. The van der Waals surface area contributed by atoms with Gasteiger partial charge in [0.15, 0.2) is 0 Å². The fourth-order valence-electron chi connectivity index (χ4n) is 5.06. The molecule has 0 saturated carbocycles. The smallest absolute Gasteiger partial charge is 0.419 e. The summed E-state index contributed by atoms with van der Waals surface area (Å²) in [6.07, 6.45) is -3.11. The van der Waals surface area contributed by atoms with Crippen LogP contribution in [0.25, 0.3) is 11.1 Å². The van der Waals surface area contributed by atoms with Crippen LogP contribution in [-0.4, -0.2) is 48.9 Å². The number of carbonyl (C=O) groups excluding carboxylic acids is 2. The molecule has 3 N–H and O–H groups in total. The summed E-state index contributed by atoms with van der Waals surface area (Å²) in [6, 6.07) is 19.5. The van der Waals surface area contributed by atoms with Gasteiger partial charge in [0.05, 0.1) is 31.1 Å². The number of nitrogens with one attached hydrogen (secondary N) is 1. The summed E-state index contributed by atoms with van der Waals surface area (Å²) in [5.74, 6) is -1.83. The topological polar surface area (TPSA) is 106 Å². The Morgan fingerprint density at radius 3 is 2.37 bits per heavy atom. The largest absolute Gasteiger partial charge is 0.491 e. The van der Waals surface area contributed by atoms with Crippen molar-refractivity contribution < 1.29 is 32.2 Å². The third-order valence-corrected chi connectivity index (χ3v) is 7.22. The minimum Gasteiger partial charge on any atom is -0.491 e. The first kappa shape index (κ1) is 29.6. The van der Waals surface area contributed by atoms with E-state index in [1.165, 1.54) is 19.2 Å². The van der Waals surface area contributed by atoms with E-state index in [1.807, 2.05) is 30.3 Å². The first-order chi connectivity index (χ1) is 19.6. The van der Waals surface area contributed by atoms with E-state index in [-0.39, 0.29) is 36.9 Å². The number of nitrogen functional groups attached to an aromatic ring is 1.